The van der Waals surface area contributed by atoms with Crippen LogP contribution in [0.1, 0.15) is 12.5 Å². The van der Waals surface area contributed by atoms with E-state index in [4.69, 9.17) is 4.74 Å². The van der Waals surface area contributed by atoms with E-state index in [1.807, 2.05) is 36.4 Å². The molecule has 0 radical (unpaired) electrons. The van der Waals surface area contributed by atoms with Crippen LogP contribution >= 0.6 is 15.9 Å². The molecule has 0 amide bonds. The van der Waals surface area contributed by atoms with Gasteiger partial charge in [0.2, 0.25) is 0 Å². The summed E-state index contributed by atoms with van der Waals surface area (Å²) in [6, 6.07) is 16.1. The van der Waals surface area contributed by atoms with E-state index in [-0.39, 0.29) is 12.6 Å². The van der Waals surface area contributed by atoms with Gasteiger partial charge in [-0.1, -0.05) is 58.9 Å². The summed E-state index contributed by atoms with van der Waals surface area (Å²) in [5.41, 5.74) is 3.66. The molecule has 0 aromatic heterocycles. The highest BCUT2D eigenvalue weighted by atomic mass is 79.9. The molecular weight excluding hydrogens is 316 g/mol. The Morgan fingerprint density at radius 1 is 1.05 bits per heavy atom. The summed E-state index contributed by atoms with van der Waals surface area (Å²) in [6.45, 7) is 5.46. The Balaban J connectivity index is 2.04. The second kappa shape index (κ2) is 6.53. The lowest BCUT2D eigenvalue weighted by Crippen LogP contribution is -2.04. The van der Waals surface area contributed by atoms with Crippen LogP contribution < -0.4 is 0 Å². The third-order valence-corrected chi connectivity index (χ3v) is 3.38. The summed E-state index contributed by atoms with van der Waals surface area (Å²) < 4.78 is 6.17. The van der Waals surface area contributed by atoms with Gasteiger partial charge in [0.1, 0.15) is 6.61 Å². The van der Waals surface area contributed by atoms with Crippen molar-refractivity contribution in [1.82, 2.24) is 0 Å². The van der Waals surface area contributed by atoms with Crippen LogP contribution in [0, 0.1) is 0 Å². The van der Waals surface area contributed by atoms with Crippen molar-refractivity contribution in [3.63, 3.8) is 0 Å². The zero-order valence-electron chi connectivity index (χ0n) is 11.2. The van der Waals surface area contributed by atoms with Crippen molar-refractivity contribution in [3.8, 4) is 11.1 Å². The molecular formula is C17H15BrO2. The Bertz CT molecular complexity index is 612. The SMILES string of the molecule is C=C(C)C(=O)OCc1ccc(-c2ccc(Br)cc2)cc1. The molecule has 2 aromatic carbocycles. The number of rotatable bonds is 4. The topological polar surface area (TPSA) is 26.3 Å². The maximum Gasteiger partial charge on any atom is 0.333 e. The Labute approximate surface area is 127 Å². The number of ether oxygens (including phenoxy) is 1. The van der Waals surface area contributed by atoms with Crippen molar-refractivity contribution in [2.24, 2.45) is 0 Å². The lowest BCUT2D eigenvalue weighted by atomic mass is 10.0. The van der Waals surface area contributed by atoms with E-state index in [2.05, 4.69) is 34.6 Å². The number of hydrogen-bond donors (Lipinski definition) is 0. The minimum Gasteiger partial charge on any atom is -0.457 e. The van der Waals surface area contributed by atoms with Crippen molar-refractivity contribution < 1.29 is 9.53 Å². The van der Waals surface area contributed by atoms with Gasteiger partial charge in [0, 0.05) is 10.0 Å². The van der Waals surface area contributed by atoms with Crippen LogP contribution in [0.15, 0.2) is 65.2 Å². The van der Waals surface area contributed by atoms with Gasteiger partial charge in [0.05, 0.1) is 0 Å². The standard InChI is InChI=1S/C17H15BrO2/c1-12(2)17(19)20-11-13-3-5-14(6-4-13)15-7-9-16(18)10-8-15/h3-10H,1,11H2,2H3. The van der Waals surface area contributed by atoms with Gasteiger partial charge < -0.3 is 4.74 Å². The molecule has 2 aromatic rings. The van der Waals surface area contributed by atoms with Crippen LogP contribution in [-0.4, -0.2) is 5.97 Å². The first-order valence-electron chi connectivity index (χ1n) is 6.24. The minimum atomic E-state index is -0.359. The van der Waals surface area contributed by atoms with Gasteiger partial charge in [0.25, 0.3) is 0 Å². The van der Waals surface area contributed by atoms with E-state index in [1.54, 1.807) is 6.92 Å². The summed E-state index contributed by atoms with van der Waals surface area (Å²) in [5.74, 6) is -0.359. The number of hydrogen-bond acceptors (Lipinski definition) is 2. The minimum absolute atomic E-state index is 0.270. The van der Waals surface area contributed by atoms with Gasteiger partial charge in [-0.2, -0.15) is 0 Å². The van der Waals surface area contributed by atoms with Gasteiger partial charge in [-0.25, -0.2) is 4.79 Å². The molecule has 0 atom stereocenters. The van der Waals surface area contributed by atoms with Crippen LogP contribution in [0.4, 0.5) is 0 Å². The first-order valence-corrected chi connectivity index (χ1v) is 7.03. The molecule has 0 bridgehead atoms. The molecule has 2 rings (SSSR count). The zero-order valence-corrected chi connectivity index (χ0v) is 12.8. The number of carbonyl (C=O) groups is 1. The van der Waals surface area contributed by atoms with E-state index in [1.165, 1.54) is 0 Å². The maximum atomic E-state index is 11.3. The van der Waals surface area contributed by atoms with Gasteiger partial charge in [-0.3, -0.25) is 0 Å². The third-order valence-electron chi connectivity index (χ3n) is 2.85. The molecule has 0 aliphatic carbocycles. The molecule has 0 saturated carbocycles. The third kappa shape index (κ3) is 3.81. The molecule has 0 aliphatic heterocycles. The lowest BCUT2D eigenvalue weighted by Gasteiger charge is -2.06. The monoisotopic (exact) mass is 330 g/mol. The fourth-order valence-corrected chi connectivity index (χ4v) is 1.97. The molecule has 0 aliphatic rings. The maximum absolute atomic E-state index is 11.3. The van der Waals surface area contributed by atoms with Crippen LogP contribution in [0.3, 0.4) is 0 Å². The van der Waals surface area contributed by atoms with Crippen molar-refractivity contribution in [2.45, 2.75) is 13.5 Å². The Morgan fingerprint density at radius 2 is 1.55 bits per heavy atom. The van der Waals surface area contributed by atoms with Crippen LogP contribution in [0.25, 0.3) is 11.1 Å². The molecule has 2 nitrogen and oxygen atoms in total. The van der Waals surface area contributed by atoms with Gasteiger partial charge >= 0.3 is 5.97 Å². The number of carbonyl (C=O) groups excluding carboxylic acids is 1. The molecule has 0 saturated heterocycles. The van der Waals surface area contributed by atoms with E-state index >= 15 is 0 Å². The van der Waals surface area contributed by atoms with Gasteiger partial charge in [-0.05, 0) is 35.7 Å². The number of esters is 1. The molecule has 0 N–H and O–H groups in total. The fourth-order valence-electron chi connectivity index (χ4n) is 1.71. The van der Waals surface area contributed by atoms with E-state index < -0.39 is 0 Å². The highest BCUT2D eigenvalue weighted by Crippen LogP contribution is 2.22. The molecule has 3 heteroatoms. The molecule has 0 heterocycles. The second-order valence-corrected chi connectivity index (χ2v) is 5.48. The quantitative estimate of drug-likeness (QED) is 0.598. The van der Waals surface area contributed by atoms with Crippen LogP contribution in [-0.2, 0) is 16.1 Å². The first-order chi connectivity index (χ1) is 9.56. The lowest BCUT2D eigenvalue weighted by molar-refractivity contribution is -0.140. The molecule has 0 unspecified atom stereocenters. The Morgan fingerprint density at radius 3 is 2.05 bits per heavy atom. The summed E-state index contributed by atoms with van der Waals surface area (Å²) >= 11 is 3.42. The molecule has 20 heavy (non-hydrogen) atoms. The van der Waals surface area contributed by atoms with E-state index in [0.29, 0.717) is 5.57 Å². The molecule has 0 spiro atoms. The Hall–Kier alpha value is -1.87. The van der Waals surface area contributed by atoms with Gasteiger partial charge in [-0.15, -0.1) is 0 Å². The Kier molecular flexibility index (Phi) is 4.74. The smallest absolute Gasteiger partial charge is 0.333 e. The zero-order chi connectivity index (χ0) is 14.5. The fraction of sp³-hybridized carbons (Fsp3) is 0.118. The highest BCUT2D eigenvalue weighted by Gasteiger charge is 2.04. The normalized spacial score (nSPS) is 10.1. The average molecular weight is 331 g/mol. The van der Waals surface area contributed by atoms with Crippen molar-refractivity contribution in [3.05, 3.63) is 70.7 Å². The van der Waals surface area contributed by atoms with E-state index in [0.717, 1.165) is 21.2 Å². The van der Waals surface area contributed by atoms with E-state index in [9.17, 15) is 4.79 Å². The molecule has 102 valence electrons. The molecule has 0 fully saturated rings. The van der Waals surface area contributed by atoms with Crippen molar-refractivity contribution >= 4 is 21.9 Å². The van der Waals surface area contributed by atoms with Crippen LogP contribution in [0.2, 0.25) is 0 Å². The summed E-state index contributed by atoms with van der Waals surface area (Å²) in [7, 11) is 0. The average Bonchev–Trinajstić information content (AvgIpc) is 2.46. The predicted octanol–water partition coefficient (Wildman–Crippen LogP) is 4.74. The van der Waals surface area contributed by atoms with Crippen molar-refractivity contribution in [2.75, 3.05) is 0 Å². The van der Waals surface area contributed by atoms with Gasteiger partial charge in [0.15, 0.2) is 0 Å². The largest absolute Gasteiger partial charge is 0.457 e. The summed E-state index contributed by atoms with van der Waals surface area (Å²) in [4.78, 5) is 11.3. The highest BCUT2D eigenvalue weighted by molar-refractivity contribution is 9.10. The second-order valence-electron chi connectivity index (χ2n) is 4.56. The van der Waals surface area contributed by atoms with Crippen LogP contribution in [0.5, 0.6) is 0 Å². The van der Waals surface area contributed by atoms with Crippen molar-refractivity contribution in [1.29, 1.82) is 0 Å². The summed E-state index contributed by atoms with van der Waals surface area (Å²) in [5, 5.41) is 0. The number of benzene rings is 2. The first kappa shape index (κ1) is 14.5. The predicted molar refractivity (Wildman–Crippen MR) is 84.2 cm³/mol. The summed E-state index contributed by atoms with van der Waals surface area (Å²) in [6.07, 6.45) is 0. The number of halogens is 1.